The number of benzene rings is 2. The highest BCUT2D eigenvalue weighted by Gasteiger charge is 2.19. The Balaban J connectivity index is 1.46. The Bertz CT molecular complexity index is 1170. The molecular formula is C26H29FN4O2. The lowest BCUT2D eigenvalue weighted by Gasteiger charge is -2.31. The standard InChI is InChI=1S/C26H29FN4O2/c1-30(21-11-3-2-4-12-21)18-20-10-6-5-9-19(20)17-28-26(33)23-15-16-25(32)31(29-23)24-14-8-7-13-22(24)27/h5-10,13-16,21H,2-4,11-12,17-18H2,1H3,(H,28,33). The van der Waals surface area contributed by atoms with E-state index >= 15 is 0 Å². The molecule has 1 amide bonds. The van der Waals surface area contributed by atoms with Crippen molar-refractivity contribution in [3.63, 3.8) is 0 Å². The summed E-state index contributed by atoms with van der Waals surface area (Å²) < 4.78 is 15.1. The third-order valence-corrected chi connectivity index (χ3v) is 6.29. The van der Waals surface area contributed by atoms with Gasteiger partial charge in [-0.3, -0.25) is 14.5 Å². The molecule has 0 bridgehead atoms. The van der Waals surface area contributed by atoms with Crippen molar-refractivity contribution < 1.29 is 9.18 Å². The van der Waals surface area contributed by atoms with Crippen molar-refractivity contribution in [2.75, 3.05) is 7.05 Å². The Kier molecular flexibility index (Phi) is 7.29. The summed E-state index contributed by atoms with van der Waals surface area (Å²) in [4.78, 5) is 27.4. The van der Waals surface area contributed by atoms with Crippen molar-refractivity contribution in [3.05, 3.63) is 93.7 Å². The second kappa shape index (κ2) is 10.5. The summed E-state index contributed by atoms with van der Waals surface area (Å²) in [5.41, 5.74) is 1.77. The van der Waals surface area contributed by atoms with Gasteiger partial charge in [0.05, 0.1) is 0 Å². The lowest BCUT2D eigenvalue weighted by atomic mass is 9.94. The van der Waals surface area contributed by atoms with Crippen LogP contribution in [-0.4, -0.2) is 33.7 Å². The Labute approximate surface area is 193 Å². The zero-order chi connectivity index (χ0) is 23.2. The number of rotatable bonds is 7. The number of nitrogens with one attached hydrogen (secondary N) is 1. The fraction of sp³-hybridized carbons (Fsp3) is 0.346. The van der Waals surface area contributed by atoms with Crippen LogP contribution in [0.3, 0.4) is 0 Å². The molecule has 0 aliphatic heterocycles. The molecule has 4 rings (SSSR count). The number of carbonyl (C=O) groups is 1. The number of hydrogen-bond donors (Lipinski definition) is 1. The molecule has 1 aliphatic carbocycles. The Morgan fingerprint density at radius 1 is 1.03 bits per heavy atom. The molecule has 6 nitrogen and oxygen atoms in total. The number of halogens is 1. The second-order valence-corrected chi connectivity index (χ2v) is 8.58. The molecule has 2 aromatic carbocycles. The van der Waals surface area contributed by atoms with E-state index in [0.717, 1.165) is 16.8 Å². The molecule has 1 aliphatic rings. The van der Waals surface area contributed by atoms with Gasteiger partial charge >= 0.3 is 0 Å². The molecule has 1 saturated carbocycles. The van der Waals surface area contributed by atoms with Gasteiger partial charge in [0, 0.05) is 25.2 Å². The van der Waals surface area contributed by atoms with Crippen molar-refractivity contribution in [2.24, 2.45) is 0 Å². The molecule has 172 valence electrons. The van der Waals surface area contributed by atoms with Crippen LogP contribution >= 0.6 is 0 Å². The Morgan fingerprint density at radius 3 is 2.48 bits per heavy atom. The number of para-hydroxylation sites is 1. The number of carbonyl (C=O) groups excluding carboxylic acids is 1. The third-order valence-electron chi connectivity index (χ3n) is 6.29. The van der Waals surface area contributed by atoms with E-state index in [9.17, 15) is 14.0 Å². The molecular weight excluding hydrogens is 419 g/mol. The largest absolute Gasteiger partial charge is 0.347 e. The quantitative estimate of drug-likeness (QED) is 0.592. The highest BCUT2D eigenvalue weighted by atomic mass is 19.1. The van der Waals surface area contributed by atoms with Gasteiger partial charge in [0.15, 0.2) is 0 Å². The summed E-state index contributed by atoms with van der Waals surface area (Å²) in [6.45, 7) is 1.17. The maximum Gasteiger partial charge on any atom is 0.272 e. The van der Waals surface area contributed by atoms with E-state index in [2.05, 4.69) is 28.4 Å². The van der Waals surface area contributed by atoms with E-state index in [1.54, 1.807) is 6.07 Å². The van der Waals surface area contributed by atoms with Gasteiger partial charge < -0.3 is 5.32 Å². The van der Waals surface area contributed by atoms with E-state index in [1.807, 2.05) is 18.2 Å². The topological polar surface area (TPSA) is 67.2 Å². The van der Waals surface area contributed by atoms with Crippen molar-refractivity contribution in [1.82, 2.24) is 20.0 Å². The average molecular weight is 449 g/mol. The van der Waals surface area contributed by atoms with Crippen LogP contribution in [0.4, 0.5) is 4.39 Å². The van der Waals surface area contributed by atoms with Gasteiger partial charge in [-0.15, -0.1) is 0 Å². The minimum atomic E-state index is -0.583. The summed E-state index contributed by atoms with van der Waals surface area (Å²) in [5, 5.41) is 6.98. The highest BCUT2D eigenvalue weighted by Crippen LogP contribution is 2.23. The molecule has 3 aromatic rings. The first-order valence-electron chi connectivity index (χ1n) is 11.4. The maximum absolute atomic E-state index is 14.1. The maximum atomic E-state index is 14.1. The molecule has 7 heteroatoms. The first kappa shape index (κ1) is 22.9. The van der Waals surface area contributed by atoms with E-state index in [-0.39, 0.29) is 11.4 Å². The summed E-state index contributed by atoms with van der Waals surface area (Å²) in [5.74, 6) is -1.00. The predicted molar refractivity (Wildman–Crippen MR) is 126 cm³/mol. The predicted octanol–water partition coefficient (Wildman–Crippen LogP) is 4.07. The van der Waals surface area contributed by atoms with Crippen LogP contribution in [0.1, 0.15) is 53.7 Å². The van der Waals surface area contributed by atoms with Crippen LogP contribution in [0.2, 0.25) is 0 Å². The van der Waals surface area contributed by atoms with Crippen molar-refractivity contribution in [1.29, 1.82) is 0 Å². The first-order valence-corrected chi connectivity index (χ1v) is 11.4. The van der Waals surface area contributed by atoms with Crippen LogP contribution in [0.15, 0.2) is 65.5 Å². The molecule has 1 N–H and O–H groups in total. The van der Waals surface area contributed by atoms with Crippen molar-refractivity contribution in [2.45, 2.75) is 51.2 Å². The number of amides is 1. The minimum absolute atomic E-state index is 0.00763. The Morgan fingerprint density at radius 2 is 1.73 bits per heavy atom. The minimum Gasteiger partial charge on any atom is -0.347 e. The van der Waals surface area contributed by atoms with E-state index in [1.165, 1.54) is 68.0 Å². The van der Waals surface area contributed by atoms with E-state index in [0.29, 0.717) is 12.6 Å². The zero-order valence-corrected chi connectivity index (χ0v) is 18.8. The Hall–Kier alpha value is -3.32. The molecule has 0 unspecified atom stereocenters. The monoisotopic (exact) mass is 448 g/mol. The van der Waals surface area contributed by atoms with Gasteiger partial charge in [-0.05, 0) is 49.2 Å². The van der Waals surface area contributed by atoms with Crippen molar-refractivity contribution in [3.8, 4) is 5.69 Å². The summed E-state index contributed by atoms with van der Waals surface area (Å²) >= 11 is 0. The molecule has 1 aromatic heterocycles. The van der Waals surface area contributed by atoms with Crippen molar-refractivity contribution >= 4 is 5.91 Å². The van der Waals surface area contributed by atoms with Crippen LogP contribution in [0.5, 0.6) is 0 Å². The third kappa shape index (κ3) is 5.54. The normalized spacial score (nSPS) is 14.4. The molecule has 0 saturated heterocycles. The van der Waals surface area contributed by atoms with Gasteiger partial charge in [0.25, 0.3) is 11.5 Å². The molecule has 33 heavy (non-hydrogen) atoms. The number of nitrogens with zero attached hydrogens (tertiary/aromatic N) is 3. The highest BCUT2D eigenvalue weighted by molar-refractivity contribution is 5.92. The number of aromatic nitrogens is 2. The van der Waals surface area contributed by atoms with Gasteiger partial charge in [-0.25, -0.2) is 4.39 Å². The molecule has 1 fully saturated rings. The number of hydrogen-bond acceptors (Lipinski definition) is 4. The molecule has 0 radical (unpaired) electrons. The summed E-state index contributed by atoms with van der Waals surface area (Å²) in [6, 6.07) is 17.1. The smallest absolute Gasteiger partial charge is 0.272 e. The lowest BCUT2D eigenvalue weighted by Crippen LogP contribution is -2.33. The van der Waals surface area contributed by atoms with Gasteiger partial charge in [0.2, 0.25) is 0 Å². The van der Waals surface area contributed by atoms with Crippen LogP contribution in [0, 0.1) is 5.82 Å². The average Bonchev–Trinajstić information content (AvgIpc) is 2.84. The van der Waals surface area contributed by atoms with Crippen LogP contribution in [0.25, 0.3) is 5.69 Å². The van der Waals surface area contributed by atoms with Gasteiger partial charge in [-0.1, -0.05) is 55.7 Å². The molecule has 0 atom stereocenters. The van der Waals surface area contributed by atoms with Gasteiger partial charge in [0.1, 0.15) is 17.2 Å². The zero-order valence-electron chi connectivity index (χ0n) is 18.8. The van der Waals surface area contributed by atoms with Crippen LogP contribution < -0.4 is 10.9 Å². The summed E-state index contributed by atoms with van der Waals surface area (Å²) in [6.07, 6.45) is 6.37. The van der Waals surface area contributed by atoms with E-state index in [4.69, 9.17) is 0 Å². The second-order valence-electron chi connectivity index (χ2n) is 8.58. The summed E-state index contributed by atoms with van der Waals surface area (Å²) in [7, 11) is 2.17. The SMILES string of the molecule is CN(Cc1ccccc1CNC(=O)c1ccc(=O)n(-c2ccccc2F)n1)C1CCCCC1. The lowest BCUT2D eigenvalue weighted by molar-refractivity contribution is 0.0943. The van der Waals surface area contributed by atoms with Gasteiger partial charge in [-0.2, -0.15) is 9.78 Å². The van der Waals surface area contributed by atoms with E-state index < -0.39 is 17.3 Å². The molecule has 1 heterocycles. The fourth-order valence-corrected chi connectivity index (χ4v) is 4.40. The molecule has 0 spiro atoms. The fourth-order valence-electron chi connectivity index (χ4n) is 4.40. The van der Waals surface area contributed by atoms with Crippen LogP contribution in [-0.2, 0) is 13.1 Å². The first-order chi connectivity index (χ1) is 16.0.